The molecule has 0 aromatic heterocycles. The molecule has 0 bridgehead atoms. The molecule has 2 aromatic rings. The van der Waals surface area contributed by atoms with Crippen LogP contribution in [0.25, 0.3) is 5.57 Å². The van der Waals surface area contributed by atoms with E-state index in [2.05, 4.69) is 13.8 Å². The lowest BCUT2D eigenvalue weighted by Crippen LogP contribution is -2.35. The number of aromatic hydroxyl groups is 3. The number of hydrogen-bond donors (Lipinski definition) is 3. The number of carbonyl (C=O) groups is 1. The summed E-state index contributed by atoms with van der Waals surface area (Å²) in [4.78, 5) is 13.3. The predicted molar refractivity (Wildman–Crippen MR) is 97.1 cm³/mol. The molecule has 130 valence electrons. The van der Waals surface area contributed by atoms with Crippen molar-refractivity contribution in [3.8, 4) is 17.2 Å². The quantitative estimate of drug-likeness (QED) is 0.713. The number of benzene rings is 2. The maximum absolute atomic E-state index is 13.3. The molecule has 0 amide bonds. The van der Waals surface area contributed by atoms with E-state index in [9.17, 15) is 20.1 Å². The van der Waals surface area contributed by atoms with Gasteiger partial charge >= 0.3 is 0 Å². The number of phenolic OH excluding ortho intramolecular Hbond substituents is 3. The first-order valence-corrected chi connectivity index (χ1v) is 8.29. The normalized spacial score (nSPS) is 19.7. The molecule has 4 heteroatoms. The molecule has 0 aliphatic heterocycles. The van der Waals surface area contributed by atoms with Crippen LogP contribution in [0.4, 0.5) is 0 Å². The lowest BCUT2D eigenvalue weighted by Gasteiger charge is -2.34. The van der Waals surface area contributed by atoms with Crippen LogP contribution in [0.15, 0.2) is 36.4 Å². The van der Waals surface area contributed by atoms with Crippen molar-refractivity contribution in [3.05, 3.63) is 58.7 Å². The Morgan fingerprint density at radius 2 is 1.60 bits per heavy atom. The third kappa shape index (κ3) is 2.58. The van der Waals surface area contributed by atoms with Crippen LogP contribution < -0.4 is 0 Å². The third-order valence-corrected chi connectivity index (χ3v) is 5.00. The lowest BCUT2D eigenvalue weighted by molar-refractivity contribution is 0.0924. The Morgan fingerprint density at radius 1 is 0.920 bits per heavy atom. The number of aryl methyl sites for hydroxylation is 1. The summed E-state index contributed by atoms with van der Waals surface area (Å²) in [6, 6.07) is 7.82. The molecule has 4 nitrogen and oxygen atoms in total. The molecular formula is C21H22O4. The van der Waals surface area contributed by atoms with Crippen LogP contribution in [0.3, 0.4) is 0 Å². The summed E-state index contributed by atoms with van der Waals surface area (Å²) < 4.78 is 0. The van der Waals surface area contributed by atoms with E-state index >= 15 is 0 Å². The van der Waals surface area contributed by atoms with Crippen LogP contribution in [-0.2, 0) is 5.41 Å². The number of phenols is 3. The van der Waals surface area contributed by atoms with Crippen LogP contribution in [-0.4, -0.2) is 21.1 Å². The van der Waals surface area contributed by atoms with Crippen LogP contribution >= 0.6 is 0 Å². The van der Waals surface area contributed by atoms with E-state index in [-0.39, 0.29) is 28.9 Å². The molecule has 2 aromatic carbocycles. The van der Waals surface area contributed by atoms with Gasteiger partial charge in [-0.3, -0.25) is 4.79 Å². The van der Waals surface area contributed by atoms with Crippen molar-refractivity contribution in [2.24, 2.45) is 5.92 Å². The minimum atomic E-state index is -0.987. The summed E-state index contributed by atoms with van der Waals surface area (Å²) >= 11 is 0. The SMILES string of the molecule is Cc1cc2c(cc1O)C(=O)C(C)(c1ccc(O)c(O)c1)C=C2C(C)C. The maximum atomic E-state index is 13.3. The number of hydrogen-bond acceptors (Lipinski definition) is 4. The zero-order valence-corrected chi connectivity index (χ0v) is 14.8. The molecule has 1 aliphatic carbocycles. The Hall–Kier alpha value is -2.75. The second-order valence-corrected chi connectivity index (χ2v) is 7.17. The summed E-state index contributed by atoms with van der Waals surface area (Å²) in [5, 5.41) is 29.5. The monoisotopic (exact) mass is 338 g/mol. The van der Waals surface area contributed by atoms with Crippen LogP contribution in [0.1, 0.15) is 47.8 Å². The lowest BCUT2D eigenvalue weighted by atomic mass is 9.68. The fourth-order valence-electron chi connectivity index (χ4n) is 3.40. The molecule has 0 saturated heterocycles. The number of rotatable bonds is 2. The van der Waals surface area contributed by atoms with E-state index in [0.717, 1.165) is 16.7 Å². The van der Waals surface area contributed by atoms with E-state index in [1.807, 2.05) is 19.1 Å². The first-order valence-electron chi connectivity index (χ1n) is 8.29. The van der Waals surface area contributed by atoms with Crippen molar-refractivity contribution in [1.29, 1.82) is 0 Å². The minimum absolute atomic E-state index is 0.0907. The van der Waals surface area contributed by atoms with Gasteiger partial charge in [-0.25, -0.2) is 0 Å². The first kappa shape index (κ1) is 17.1. The number of Topliss-reactive ketones (excluding diaryl/α,β-unsaturated/α-hetero) is 1. The van der Waals surface area contributed by atoms with Gasteiger partial charge in [-0.15, -0.1) is 0 Å². The number of ketones is 1. The molecule has 0 fully saturated rings. The van der Waals surface area contributed by atoms with Gasteiger partial charge in [0.15, 0.2) is 17.3 Å². The molecular weight excluding hydrogens is 316 g/mol. The Bertz CT molecular complexity index is 908. The molecule has 1 atom stereocenters. The van der Waals surface area contributed by atoms with Crippen LogP contribution in [0, 0.1) is 12.8 Å². The van der Waals surface area contributed by atoms with Crippen molar-refractivity contribution in [1.82, 2.24) is 0 Å². The summed E-state index contributed by atoms with van der Waals surface area (Å²) in [6.07, 6.45) is 1.94. The zero-order valence-electron chi connectivity index (χ0n) is 14.8. The van der Waals surface area contributed by atoms with E-state index in [1.165, 1.54) is 18.2 Å². The van der Waals surface area contributed by atoms with E-state index < -0.39 is 5.41 Å². The van der Waals surface area contributed by atoms with Gasteiger partial charge in [0.1, 0.15) is 5.75 Å². The molecule has 25 heavy (non-hydrogen) atoms. The molecule has 3 rings (SSSR count). The van der Waals surface area contributed by atoms with Gasteiger partial charge in [0.2, 0.25) is 0 Å². The van der Waals surface area contributed by atoms with Gasteiger partial charge in [-0.1, -0.05) is 26.0 Å². The second kappa shape index (κ2) is 5.66. The Morgan fingerprint density at radius 3 is 2.20 bits per heavy atom. The van der Waals surface area contributed by atoms with Gasteiger partial charge in [0.25, 0.3) is 0 Å². The van der Waals surface area contributed by atoms with Gasteiger partial charge in [-0.2, -0.15) is 0 Å². The summed E-state index contributed by atoms with van der Waals surface area (Å²) in [5.41, 5.74) is 2.67. The van der Waals surface area contributed by atoms with Crippen molar-refractivity contribution in [2.45, 2.75) is 33.1 Å². The summed E-state index contributed by atoms with van der Waals surface area (Å²) in [5.74, 6) is -0.359. The average molecular weight is 338 g/mol. The van der Waals surface area contributed by atoms with Gasteiger partial charge < -0.3 is 15.3 Å². The molecule has 0 heterocycles. The summed E-state index contributed by atoms with van der Waals surface area (Å²) in [7, 11) is 0. The third-order valence-electron chi connectivity index (χ3n) is 5.00. The largest absolute Gasteiger partial charge is 0.508 e. The number of allylic oxidation sites excluding steroid dienone is 2. The van der Waals surface area contributed by atoms with Crippen molar-refractivity contribution in [3.63, 3.8) is 0 Å². The molecule has 3 N–H and O–H groups in total. The molecule has 0 spiro atoms. The van der Waals surface area contributed by atoms with E-state index in [4.69, 9.17) is 0 Å². The van der Waals surface area contributed by atoms with Gasteiger partial charge in [0, 0.05) is 5.56 Å². The first-order chi connectivity index (χ1) is 11.6. The Balaban J connectivity index is 2.29. The fraction of sp³-hybridized carbons (Fsp3) is 0.286. The van der Waals surface area contributed by atoms with Crippen molar-refractivity contribution >= 4 is 11.4 Å². The Kier molecular flexibility index (Phi) is 3.87. The topological polar surface area (TPSA) is 77.8 Å². The van der Waals surface area contributed by atoms with E-state index in [0.29, 0.717) is 11.1 Å². The molecule has 0 saturated carbocycles. The minimum Gasteiger partial charge on any atom is -0.508 e. The highest BCUT2D eigenvalue weighted by atomic mass is 16.3. The average Bonchev–Trinajstić information content (AvgIpc) is 2.55. The van der Waals surface area contributed by atoms with Crippen molar-refractivity contribution < 1.29 is 20.1 Å². The second-order valence-electron chi connectivity index (χ2n) is 7.17. The van der Waals surface area contributed by atoms with Crippen LogP contribution in [0.2, 0.25) is 0 Å². The molecule has 0 radical (unpaired) electrons. The number of fused-ring (bicyclic) bond motifs is 1. The smallest absolute Gasteiger partial charge is 0.177 e. The number of carbonyl (C=O) groups excluding carboxylic acids is 1. The standard InChI is InChI=1S/C21H22O4/c1-11(2)16-10-21(4,13-5-6-17(22)19(24)8-13)20(25)15-9-18(23)12(3)7-14(15)16/h5-11,22-24H,1-4H3. The summed E-state index contributed by atoms with van der Waals surface area (Å²) in [6.45, 7) is 7.72. The van der Waals surface area contributed by atoms with Crippen LogP contribution in [0.5, 0.6) is 17.2 Å². The fourth-order valence-corrected chi connectivity index (χ4v) is 3.40. The van der Waals surface area contributed by atoms with Gasteiger partial charge in [0.05, 0.1) is 5.41 Å². The Labute approximate surface area is 147 Å². The predicted octanol–water partition coefficient (Wildman–Crippen LogP) is 4.31. The highest BCUT2D eigenvalue weighted by Gasteiger charge is 2.40. The van der Waals surface area contributed by atoms with E-state index in [1.54, 1.807) is 13.0 Å². The highest BCUT2D eigenvalue weighted by molar-refractivity contribution is 6.12. The highest BCUT2D eigenvalue weighted by Crippen LogP contribution is 2.44. The van der Waals surface area contributed by atoms with Crippen molar-refractivity contribution in [2.75, 3.05) is 0 Å². The maximum Gasteiger partial charge on any atom is 0.177 e. The van der Waals surface area contributed by atoms with Gasteiger partial charge in [-0.05, 0) is 66.3 Å². The molecule has 1 aliphatic rings. The zero-order chi connectivity index (χ0) is 18.5. The molecule has 1 unspecified atom stereocenters.